The third-order valence-corrected chi connectivity index (χ3v) is 4.92. The van der Waals surface area contributed by atoms with Crippen LogP contribution in [0.4, 0.5) is 11.4 Å². The van der Waals surface area contributed by atoms with Gasteiger partial charge in [0.05, 0.1) is 16.3 Å². The zero-order valence-corrected chi connectivity index (χ0v) is 12.6. The average Bonchev–Trinajstić information content (AvgIpc) is 3.20. The molecule has 2 unspecified atom stereocenters. The van der Waals surface area contributed by atoms with E-state index in [9.17, 15) is 8.42 Å². The second kappa shape index (κ2) is 5.07. The van der Waals surface area contributed by atoms with E-state index in [-0.39, 0.29) is 4.90 Å². The summed E-state index contributed by atoms with van der Waals surface area (Å²) in [6, 6.07) is 15.6. The molecule has 3 N–H and O–H groups in total. The van der Waals surface area contributed by atoms with Crippen molar-refractivity contribution < 1.29 is 8.42 Å². The lowest BCUT2D eigenvalue weighted by Crippen LogP contribution is -2.07. The number of nitrogen functional groups attached to an aromatic ring is 1. The maximum Gasteiger partial charge on any atom is 0.175 e. The number of hydrogen-bond donors (Lipinski definition) is 2. The molecule has 2 aromatic rings. The normalized spacial score (nSPS) is 21.0. The molecule has 4 nitrogen and oxygen atoms in total. The van der Waals surface area contributed by atoms with Gasteiger partial charge in [0.25, 0.3) is 0 Å². The summed E-state index contributed by atoms with van der Waals surface area (Å²) in [4.78, 5) is 0.251. The van der Waals surface area contributed by atoms with E-state index >= 15 is 0 Å². The molecule has 0 bridgehead atoms. The van der Waals surface area contributed by atoms with Crippen LogP contribution in [-0.2, 0) is 9.84 Å². The Morgan fingerprint density at radius 1 is 1.14 bits per heavy atom. The van der Waals surface area contributed by atoms with Crippen LogP contribution in [0.15, 0.2) is 53.4 Å². The highest BCUT2D eigenvalue weighted by molar-refractivity contribution is 7.90. The van der Waals surface area contributed by atoms with Crippen molar-refractivity contribution in [1.29, 1.82) is 0 Å². The summed E-state index contributed by atoms with van der Waals surface area (Å²) >= 11 is 0. The van der Waals surface area contributed by atoms with E-state index in [1.165, 1.54) is 17.9 Å². The molecular weight excluding hydrogens is 284 g/mol. The Morgan fingerprint density at radius 3 is 2.48 bits per heavy atom. The SMILES string of the molecule is CS(=O)(=O)c1ccc(NC2CC2c2ccccc2)c(N)c1. The number of nitrogens with two attached hydrogens (primary N) is 1. The standard InChI is InChI=1S/C16H18N2O2S/c1-21(19,20)12-7-8-15(14(17)9-12)18-16-10-13(16)11-5-3-2-4-6-11/h2-9,13,16,18H,10,17H2,1H3. The lowest BCUT2D eigenvalue weighted by Gasteiger charge is -2.10. The van der Waals surface area contributed by atoms with E-state index in [0.29, 0.717) is 17.6 Å². The molecule has 2 aromatic carbocycles. The number of sulfone groups is 1. The molecule has 1 fully saturated rings. The molecule has 2 atom stereocenters. The Morgan fingerprint density at radius 2 is 1.86 bits per heavy atom. The van der Waals surface area contributed by atoms with Crippen LogP contribution in [0, 0.1) is 0 Å². The molecular formula is C16H18N2O2S. The van der Waals surface area contributed by atoms with Crippen molar-refractivity contribution in [3.63, 3.8) is 0 Å². The van der Waals surface area contributed by atoms with Crippen molar-refractivity contribution >= 4 is 21.2 Å². The number of anilines is 2. The van der Waals surface area contributed by atoms with Crippen LogP contribution in [0.25, 0.3) is 0 Å². The highest BCUT2D eigenvalue weighted by Gasteiger charge is 2.38. The first-order chi connectivity index (χ1) is 9.95. The molecule has 0 aliphatic heterocycles. The molecule has 0 spiro atoms. The molecule has 5 heteroatoms. The van der Waals surface area contributed by atoms with Gasteiger partial charge in [0.1, 0.15) is 0 Å². The first-order valence-electron chi connectivity index (χ1n) is 6.86. The van der Waals surface area contributed by atoms with Gasteiger partial charge in [-0.2, -0.15) is 0 Å². The fraction of sp³-hybridized carbons (Fsp3) is 0.250. The summed E-state index contributed by atoms with van der Waals surface area (Å²) in [6.45, 7) is 0. The minimum absolute atomic E-state index is 0.251. The quantitative estimate of drug-likeness (QED) is 0.852. The van der Waals surface area contributed by atoms with Crippen LogP contribution >= 0.6 is 0 Å². The predicted octanol–water partition coefficient (Wildman–Crippen LogP) is 2.64. The summed E-state index contributed by atoms with van der Waals surface area (Å²) in [5.41, 5.74) is 8.54. The van der Waals surface area contributed by atoms with Crippen molar-refractivity contribution in [1.82, 2.24) is 0 Å². The van der Waals surface area contributed by atoms with Crippen molar-refractivity contribution in [2.45, 2.75) is 23.3 Å². The maximum atomic E-state index is 11.5. The van der Waals surface area contributed by atoms with Gasteiger partial charge in [-0.15, -0.1) is 0 Å². The van der Waals surface area contributed by atoms with Crippen molar-refractivity contribution in [2.24, 2.45) is 0 Å². The third-order valence-electron chi connectivity index (χ3n) is 3.81. The monoisotopic (exact) mass is 302 g/mol. The molecule has 21 heavy (non-hydrogen) atoms. The van der Waals surface area contributed by atoms with E-state index in [0.717, 1.165) is 12.1 Å². The molecule has 1 aliphatic carbocycles. The summed E-state index contributed by atoms with van der Waals surface area (Å²) in [6.07, 6.45) is 2.25. The van der Waals surface area contributed by atoms with Gasteiger partial charge >= 0.3 is 0 Å². The highest BCUT2D eigenvalue weighted by atomic mass is 32.2. The number of benzene rings is 2. The summed E-state index contributed by atoms with van der Waals surface area (Å²) in [5.74, 6) is 0.500. The van der Waals surface area contributed by atoms with Crippen LogP contribution in [0.3, 0.4) is 0 Å². The van der Waals surface area contributed by atoms with Gasteiger partial charge < -0.3 is 11.1 Å². The second-order valence-corrected chi connectivity index (χ2v) is 7.54. The van der Waals surface area contributed by atoms with Crippen LogP contribution < -0.4 is 11.1 Å². The highest BCUT2D eigenvalue weighted by Crippen LogP contribution is 2.43. The molecule has 0 amide bonds. The zero-order chi connectivity index (χ0) is 15.0. The van der Waals surface area contributed by atoms with Crippen LogP contribution in [0.5, 0.6) is 0 Å². The summed E-state index contributed by atoms with van der Waals surface area (Å²) in [5, 5.41) is 3.39. The number of rotatable bonds is 4. The van der Waals surface area contributed by atoms with Gasteiger partial charge in [0.2, 0.25) is 0 Å². The van der Waals surface area contributed by atoms with Gasteiger partial charge in [-0.1, -0.05) is 30.3 Å². The van der Waals surface area contributed by atoms with Gasteiger partial charge in [-0.3, -0.25) is 0 Å². The van der Waals surface area contributed by atoms with Crippen molar-refractivity contribution in [3.8, 4) is 0 Å². The molecule has 0 saturated heterocycles. The first-order valence-corrected chi connectivity index (χ1v) is 8.75. The second-order valence-electron chi connectivity index (χ2n) is 5.52. The van der Waals surface area contributed by atoms with Crippen LogP contribution in [-0.4, -0.2) is 20.7 Å². The van der Waals surface area contributed by atoms with E-state index < -0.39 is 9.84 Å². The molecule has 0 radical (unpaired) electrons. The van der Waals surface area contributed by atoms with E-state index in [2.05, 4.69) is 17.4 Å². The Balaban J connectivity index is 1.73. The Labute approximate surface area is 124 Å². The largest absolute Gasteiger partial charge is 0.397 e. The minimum atomic E-state index is -3.22. The van der Waals surface area contributed by atoms with Gasteiger partial charge in [0.15, 0.2) is 9.84 Å². The maximum absolute atomic E-state index is 11.5. The Bertz CT molecular complexity index is 757. The Kier molecular flexibility index (Phi) is 3.37. The summed E-state index contributed by atoms with van der Waals surface area (Å²) < 4.78 is 23.0. The fourth-order valence-electron chi connectivity index (χ4n) is 2.53. The molecule has 0 heterocycles. The van der Waals surface area contributed by atoms with Crippen LogP contribution in [0.2, 0.25) is 0 Å². The topological polar surface area (TPSA) is 72.2 Å². The molecule has 110 valence electrons. The lowest BCUT2D eigenvalue weighted by atomic mass is 10.1. The van der Waals surface area contributed by atoms with E-state index in [4.69, 9.17) is 5.73 Å². The molecule has 3 rings (SSSR count). The first kappa shape index (κ1) is 13.9. The predicted molar refractivity (Wildman–Crippen MR) is 85.2 cm³/mol. The smallest absolute Gasteiger partial charge is 0.175 e. The Hall–Kier alpha value is -2.01. The summed E-state index contributed by atoms with van der Waals surface area (Å²) in [7, 11) is -3.22. The number of hydrogen-bond acceptors (Lipinski definition) is 4. The lowest BCUT2D eigenvalue weighted by molar-refractivity contribution is 0.602. The van der Waals surface area contributed by atoms with Crippen molar-refractivity contribution in [2.75, 3.05) is 17.3 Å². The van der Waals surface area contributed by atoms with Gasteiger partial charge in [-0.05, 0) is 30.2 Å². The van der Waals surface area contributed by atoms with Gasteiger partial charge in [-0.25, -0.2) is 8.42 Å². The van der Waals surface area contributed by atoms with Gasteiger partial charge in [0, 0.05) is 18.2 Å². The third kappa shape index (κ3) is 3.03. The van der Waals surface area contributed by atoms with Crippen molar-refractivity contribution in [3.05, 3.63) is 54.1 Å². The zero-order valence-electron chi connectivity index (χ0n) is 11.8. The van der Waals surface area contributed by atoms with E-state index in [1.807, 2.05) is 18.2 Å². The van der Waals surface area contributed by atoms with E-state index in [1.54, 1.807) is 12.1 Å². The fourth-order valence-corrected chi connectivity index (χ4v) is 3.18. The average molecular weight is 302 g/mol. The molecule has 1 aliphatic rings. The molecule has 0 aromatic heterocycles. The number of nitrogens with one attached hydrogen (secondary N) is 1. The van der Waals surface area contributed by atoms with Crippen LogP contribution in [0.1, 0.15) is 17.9 Å². The molecule has 1 saturated carbocycles. The minimum Gasteiger partial charge on any atom is -0.397 e.